The lowest BCUT2D eigenvalue weighted by atomic mass is 10.4. The molecule has 0 fully saturated rings. The van der Waals surface area contributed by atoms with Gasteiger partial charge in [-0.05, 0) is 24.3 Å². The normalized spacial score (nSPS) is 9.61. The molecule has 0 aromatic carbocycles. The van der Waals surface area contributed by atoms with Crippen molar-refractivity contribution in [1.29, 1.82) is 0 Å². The van der Waals surface area contributed by atoms with Gasteiger partial charge in [0.15, 0.2) is 5.76 Å². The van der Waals surface area contributed by atoms with Gasteiger partial charge in [0.2, 0.25) is 0 Å². The molecular formula is C13H12N2O2S. The van der Waals surface area contributed by atoms with Gasteiger partial charge in [0, 0.05) is 4.88 Å². The first-order valence-electron chi connectivity index (χ1n) is 5.39. The van der Waals surface area contributed by atoms with E-state index >= 15 is 0 Å². The first kappa shape index (κ1) is 12.4. The molecule has 2 aromatic heterocycles. The van der Waals surface area contributed by atoms with Crippen molar-refractivity contribution in [2.45, 2.75) is 6.54 Å². The lowest BCUT2D eigenvalue weighted by Gasteiger charge is -1.99. The molecule has 18 heavy (non-hydrogen) atoms. The summed E-state index contributed by atoms with van der Waals surface area (Å²) in [5, 5.41) is 2.78. The minimum Gasteiger partial charge on any atom is -0.459 e. The minimum absolute atomic E-state index is 0.219. The van der Waals surface area contributed by atoms with Crippen LogP contribution in [0.1, 0.15) is 20.3 Å². The molecule has 2 aromatic rings. The number of rotatable bonds is 3. The number of carbonyl (C=O) groups is 1. The molecule has 0 aliphatic rings. The van der Waals surface area contributed by atoms with E-state index in [1.807, 2.05) is 12.1 Å². The average molecular weight is 260 g/mol. The monoisotopic (exact) mass is 260 g/mol. The summed E-state index contributed by atoms with van der Waals surface area (Å²) in [5.74, 6) is 5.84. The summed E-state index contributed by atoms with van der Waals surface area (Å²) in [7, 11) is 0. The number of hydrogen-bond acceptors (Lipinski definition) is 4. The number of nitrogens with two attached hydrogens (primary N) is 1. The van der Waals surface area contributed by atoms with Gasteiger partial charge >= 0.3 is 0 Å². The van der Waals surface area contributed by atoms with E-state index in [0.717, 1.165) is 9.75 Å². The second kappa shape index (κ2) is 6.05. The number of amides is 1. The quantitative estimate of drug-likeness (QED) is 0.823. The number of nitrogens with one attached hydrogen (secondary N) is 1. The van der Waals surface area contributed by atoms with Crippen molar-refractivity contribution in [2.75, 3.05) is 6.54 Å². The molecule has 0 bridgehead atoms. The van der Waals surface area contributed by atoms with Gasteiger partial charge < -0.3 is 15.5 Å². The maximum absolute atomic E-state index is 11.6. The Morgan fingerprint density at radius 1 is 1.44 bits per heavy atom. The van der Waals surface area contributed by atoms with Crippen LogP contribution in [0.2, 0.25) is 0 Å². The largest absolute Gasteiger partial charge is 0.459 e. The maximum Gasteiger partial charge on any atom is 0.287 e. The molecular weight excluding hydrogens is 248 g/mol. The van der Waals surface area contributed by atoms with Crippen molar-refractivity contribution < 1.29 is 9.21 Å². The molecule has 0 radical (unpaired) electrons. The van der Waals surface area contributed by atoms with E-state index in [-0.39, 0.29) is 5.91 Å². The van der Waals surface area contributed by atoms with Gasteiger partial charge in [-0.3, -0.25) is 4.79 Å². The van der Waals surface area contributed by atoms with Gasteiger partial charge in [-0.2, -0.15) is 0 Å². The third kappa shape index (κ3) is 3.23. The van der Waals surface area contributed by atoms with Crippen molar-refractivity contribution in [1.82, 2.24) is 5.32 Å². The molecule has 0 unspecified atom stereocenters. The molecule has 2 heterocycles. The van der Waals surface area contributed by atoms with Crippen LogP contribution in [-0.2, 0) is 6.54 Å². The van der Waals surface area contributed by atoms with Crippen LogP contribution >= 0.6 is 11.3 Å². The smallest absolute Gasteiger partial charge is 0.287 e. The van der Waals surface area contributed by atoms with Crippen LogP contribution < -0.4 is 11.1 Å². The molecule has 4 nitrogen and oxygen atoms in total. The summed E-state index contributed by atoms with van der Waals surface area (Å²) in [5.41, 5.74) is 5.30. The molecule has 0 saturated heterocycles. The topological polar surface area (TPSA) is 68.3 Å². The summed E-state index contributed by atoms with van der Waals surface area (Å²) in [4.78, 5) is 13.6. The van der Waals surface area contributed by atoms with E-state index < -0.39 is 0 Å². The fraction of sp³-hybridized carbons (Fsp3) is 0.154. The summed E-state index contributed by atoms with van der Waals surface area (Å²) in [6, 6.07) is 7.16. The van der Waals surface area contributed by atoms with Crippen LogP contribution in [0.15, 0.2) is 34.9 Å². The highest BCUT2D eigenvalue weighted by Gasteiger charge is 2.08. The van der Waals surface area contributed by atoms with E-state index in [0.29, 0.717) is 18.8 Å². The Labute approximate surface area is 109 Å². The van der Waals surface area contributed by atoms with Crippen molar-refractivity contribution in [3.05, 3.63) is 46.0 Å². The van der Waals surface area contributed by atoms with E-state index in [9.17, 15) is 4.79 Å². The Kier molecular flexibility index (Phi) is 4.18. The van der Waals surface area contributed by atoms with E-state index in [2.05, 4.69) is 17.2 Å². The molecule has 5 heteroatoms. The van der Waals surface area contributed by atoms with Crippen molar-refractivity contribution in [3.63, 3.8) is 0 Å². The van der Waals surface area contributed by atoms with Crippen LogP contribution in [0.3, 0.4) is 0 Å². The second-order valence-electron chi connectivity index (χ2n) is 3.43. The molecule has 0 aliphatic carbocycles. The lowest BCUT2D eigenvalue weighted by Crippen LogP contribution is -2.21. The first-order chi connectivity index (χ1) is 8.79. The fourth-order valence-electron chi connectivity index (χ4n) is 1.34. The summed E-state index contributed by atoms with van der Waals surface area (Å²) < 4.78 is 5.00. The standard InChI is InChI=1S/C13H12N2O2S/c14-7-1-3-10-5-6-11(18-10)9-15-13(16)12-4-2-8-17-12/h2,4-6,8H,7,9,14H2,(H,15,16). The predicted molar refractivity (Wildman–Crippen MR) is 70.1 cm³/mol. The van der Waals surface area contributed by atoms with Gasteiger partial charge in [0.1, 0.15) is 0 Å². The zero-order valence-electron chi connectivity index (χ0n) is 9.60. The summed E-state index contributed by atoms with van der Waals surface area (Å²) >= 11 is 1.54. The average Bonchev–Trinajstić information content (AvgIpc) is 3.04. The highest BCUT2D eigenvalue weighted by Crippen LogP contribution is 2.15. The molecule has 0 spiro atoms. The fourth-order valence-corrected chi connectivity index (χ4v) is 2.16. The zero-order valence-corrected chi connectivity index (χ0v) is 10.4. The number of thiophene rings is 1. The van der Waals surface area contributed by atoms with Crippen molar-refractivity contribution in [3.8, 4) is 11.8 Å². The highest BCUT2D eigenvalue weighted by atomic mass is 32.1. The number of furan rings is 1. The second-order valence-corrected chi connectivity index (χ2v) is 4.60. The third-order valence-corrected chi connectivity index (χ3v) is 3.14. The van der Waals surface area contributed by atoms with Crippen LogP contribution in [0.25, 0.3) is 0 Å². The zero-order chi connectivity index (χ0) is 12.8. The molecule has 0 saturated carbocycles. The van der Waals surface area contributed by atoms with Gasteiger partial charge in [-0.25, -0.2) is 0 Å². The van der Waals surface area contributed by atoms with E-state index in [4.69, 9.17) is 10.2 Å². The molecule has 0 aliphatic heterocycles. The predicted octanol–water partition coefficient (Wildman–Crippen LogP) is 1.58. The van der Waals surface area contributed by atoms with Gasteiger partial charge in [0.05, 0.1) is 24.2 Å². The minimum atomic E-state index is -0.219. The molecule has 92 valence electrons. The number of hydrogen-bond donors (Lipinski definition) is 2. The van der Waals surface area contributed by atoms with Gasteiger partial charge in [-0.1, -0.05) is 11.8 Å². The Balaban J connectivity index is 1.90. The Hall–Kier alpha value is -2.03. The number of carbonyl (C=O) groups excluding carboxylic acids is 1. The maximum atomic E-state index is 11.6. The first-order valence-corrected chi connectivity index (χ1v) is 6.20. The van der Waals surface area contributed by atoms with Crippen molar-refractivity contribution in [2.24, 2.45) is 5.73 Å². The van der Waals surface area contributed by atoms with E-state index in [1.54, 1.807) is 12.1 Å². The molecule has 2 rings (SSSR count). The lowest BCUT2D eigenvalue weighted by molar-refractivity contribution is 0.0923. The summed E-state index contributed by atoms with van der Waals surface area (Å²) in [6.45, 7) is 0.816. The van der Waals surface area contributed by atoms with Gasteiger partial charge in [-0.15, -0.1) is 11.3 Å². The van der Waals surface area contributed by atoms with Crippen LogP contribution in [0, 0.1) is 11.8 Å². The third-order valence-electron chi connectivity index (χ3n) is 2.14. The van der Waals surface area contributed by atoms with Crippen molar-refractivity contribution >= 4 is 17.2 Å². The highest BCUT2D eigenvalue weighted by molar-refractivity contribution is 7.12. The molecule has 0 atom stereocenters. The Bertz CT molecular complexity index is 576. The molecule has 1 amide bonds. The van der Waals surface area contributed by atoms with Gasteiger partial charge in [0.25, 0.3) is 5.91 Å². The van der Waals surface area contributed by atoms with E-state index in [1.165, 1.54) is 17.6 Å². The summed E-state index contributed by atoms with van der Waals surface area (Å²) in [6.07, 6.45) is 1.47. The SMILES string of the molecule is NCC#Cc1ccc(CNC(=O)c2ccco2)s1. The van der Waals surface area contributed by atoms with Crippen LogP contribution in [0.5, 0.6) is 0 Å². The molecule has 3 N–H and O–H groups in total. The Morgan fingerprint density at radius 3 is 3.06 bits per heavy atom. The Morgan fingerprint density at radius 2 is 2.33 bits per heavy atom. The van der Waals surface area contributed by atoms with Crippen LogP contribution in [0.4, 0.5) is 0 Å². The van der Waals surface area contributed by atoms with Crippen LogP contribution in [-0.4, -0.2) is 12.5 Å².